The fourth-order valence-electron chi connectivity index (χ4n) is 4.47. The highest BCUT2D eigenvalue weighted by atomic mass is 16.5. The molecule has 0 saturated heterocycles. The van der Waals surface area contributed by atoms with Gasteiger partial charge in [-0.15, -0.1) is 0 Å². The quantitative estimate of drug-likeness (QED) is 0.247. The summed E-state index contributed by atoms with van der Waals surface area (Å²) >= 11 is 0. The standard InChI is InChI=1S/C26H40O5/c1-19(2)31-26(30)13-9-4-3-8-12-22-23(25(29)18-24(22)28)17-16-21(27)15-14-20-10-6-5-7-11-20/h3,5-8,10-11,19,21-25,27-29H,4,9,12-18H2,1-2H3/t21-,22+,23+,24+,25+/m0/s1. The van der Waals surface area contributed by atoms with Crippen molar-refractivity contribution in [1.82, 2.24) is 0 Å². The average Bonchev–Trinajstić information content (AvgIpc) is 3.00. The molecule has 0 bridgehead atoms. The van der Waals surface area contributed by atoms with Gasteiger partial charge in [-0.25, -0.2) is 0 Å². The zero-order valence-electron chi connectivity index (χ0n) is 19.0. The van der Waals surface area contributed by atoms with Gasteiger partial charge in [-0.2, -0.15) is 0 Å². The molecular formula is C26H40O5. The van der Waals surface area contributed by atoms with E-state index >= 15 is 0 Å². The molecule has 0 spiro atoms. The third-order valence-corrected chi connectivity index (χ3v) is 6.16. The van der Waals surface area contributed by atoms with Crippen molar-refractivity contribution in [3.8, 4) is 0 Å². The molecule has 0 aliphatic heterocycles. The maximum absolute atomic E-state index is 11.5. The minimum absolute atomic E-state index is 0.00652. The number of rotatable bonds is 13. The normalized spacial score (nSPS) is 24.7. The van der Waals surface area contributed by atoms with Gasteiger partial charge in [0.2, 0.25) is 0 Å². The van der Waals surface area contributed by atoms with E-state index in [4.69, 9.17) is 4.74 Å². The van der Waals surface area contributed by atoms with Crippen molar-refractivity contribution < 1.29 is 24.9 Å². The minimum atomic E-state index is -0.513. The number of benzene rings is 1. The van der Waals surface area contributed by atoms with E-state index in [0.29, 0.717) is 38.5 Å². The topological polar surface area (TPSA) is 87.0 Å². The highest BCUT2D eigenvalue weighted by molar-refractivity contribution is 5.69. The van der Waals surface area contributed by atoms with Crippen LogP contribution in [0, 0.1) is 11.8 Å². The largest absolute Gasteiger partial charge is 0.463 e. The van der Waals surface area contributed by atoms with Crippen LogP contribution in [0.15, 0.2) is 42.5 Å². The summed E-state index contributed by atoms with van der Waals surface area (Å²) in [7, 11) is 0. The number of aryl methyl sites for hydroxylation is 1. The molecule has 2 rings (SSSR count). The van der Waals surface area contributed by atoms with E-state index in [-0.39, 0.29) is 23.9 Å². The van der Waals surface area contributed by atoms with Gasteiger partial charge in [0, 0.05) is 6.42 Å². The van der Waals surface area contributed by atoms with E-state index < -0.39 is 18.3 Å². The molecule has 5 nitrogen and oxygen atoms in total. The molecule has 1 aliphatic carbocycles. The SMILES string of the molecule is CC(C)OC(=O)CCCC=CC[C@@H]1[C@@H](CC[C@@H](O)CCc2ccccc2)[C@H](O)C[C@H]1O. The van der Waals surface area contributed by atoms with Crippen LogP contribution in [0.1, 0.15) is 70.8 Å². The van der Waals surface area contributed by atoms with Gasteiger partial charge in [0.05, 0.1) is 24.4 Å². The van der Waals surface area contributed by atoms with E-state index in [2.05, 4.69) is 18.2 Å². The Morgan fingerprint density at radius 2 is 1.81 bits per heavy atom. The second-order valence-electron chi connectivity index (χ2n) is 9.09. The second-order valence-corrected chi connectivity index (χ2v) is 9.09. The van der Waals surface area contributed by atoms with Crippen LogP contribution < -0.4 is 0 Å². The number of allylic oxidation sites excluding steroid dienone is 2. The highest BCUT2D eigenvalue weighted by Crippen LogP contribution is 2.38. The molecule has 31 heavy (non-hydrogen) atoms. The number of carbonyl (C=O) groups excluding carboxylic acids is 1. The fraction of sp³-hybridized carbons (Fsp3) is 0.654. The summed E-state index contributed by atoms with van der Waals surface area (Å²) < 4.78 is 5.12. The monoisotopic (exact) mass is 432 g/mol. The molecule has 5 heteroatoms. The lowest BCUT2D eigenvalue weighted by molar-refractivity contribution is -0.147. The number of carbonyl (C=O) groups is 1. The summed E-state index contributed by atoms with van der Waals surface area (Å²) in [5.41, 5.74) is 1.22. The summed E-state index contributed by atoms with van der Waals surface area (Å²) in [6.45, 7) is 3.69. The summed E-state index contributed by atoms with van der Waals surface area (Å²) in [6.07, 6.45) is 8.58. The molecule has 1 fully saturated rings. The molecule has 1 aromatic carbocycles. The molecule has 0 heterocycles. The van der Waals surface area contributed by atoms with Crippen molar-refractivity contribution >= 4 is 5.97 Å². The number of unbranched alkanes of at least 4 members (excludes halogenated alkanes) is 1. The van der Waals surface area contributed by atoms with Gasteiger partial charge < -0.3 is 20.1 Å². The van der Waals surface area contributed by atoms with Crippen LogP contribution in [0.25, 0.3) is 0 Å². The van der Waals surface area contributed by atoms with Gasteiger partial charge in [-0.05, 0) is 82.6 Å². The van der Waals surface area contributed by atoms with Crippen molar-refractivity contribution in [2.75, 3.05) is 0 Å². The van der Waals surface area contributed by atoms with Crippen LogP contribution in [0.3, 0.4) is 0 Å². The van der Waals surface area contributed by atoms with Crippen LogP contribution in [0.4, 0.5) is 0 Å². The molecule has 174 valence electrons. The zero-order chi connectivity index (χ0) is 22.6. The number of esters is 1. The fourth-order valence-corrected chi connectivity index (χ4v) is 4.47. The number of aliphatic hydroxyl groups excluding tert-OH is 3. The predicted molar refractivity (Wildman–Crippen MR) is 122 cm³/mol. The Morgan fingerprint density at radius 3 is 2.52 bits per heavy atom. The Balaban J connectivity index is 1.70. The van der Waals surface area contributed by atoms with Gasteiger partial charge in [-0.3, -0.25) is 4.79 Å². The summed E-state index contributed by atoms with van der Waals surface area (Å²) in [4.78, 5) is 11.5. The lowest BCUT2D eigenvalue weighted by Crippen LogP contribution is -2.23. The van der Waals surface area contributed by atoms with Crippen molar-refractivity contribution in [3.63, 3.8) is 0 Å². The number of hydrogen-bond donors (Lipinski definition) is 3. The lowest BCUT2D eigenvalue weighted by atomic mass is 9.85. The Hall–Kier alpha value is -1.69. The number of hydrogen-bond acceptors (Lipinski definition) is 5. The Morgan fingerprint density at radius 1 is 1.10 bits per heavy atom. The first-order chi connectivity index (χ1) is 14.9. The predicted octanol–water partition coefficient (Wildman–Crippen LogP) is 4.19. The third kappa shape index (κ3) is 9.55. The molecule has 1 aromatic rings. The van der Waals surface area contributed by atoms with Gasteiger partial charge in [0.1, 0.15) is 0 Å². The maximum atomic E-state index is 11.5. The van der Waals surface area contributed by atoms with E-state index in [1.165, 1.54) is 5.56 Å². The van der Waals surface area contributed by atoms with Gasteiger partial charge in [0.25, 0.3) is 0 Å². The molecule has 0 radical (unpaired) electrons. The Bertz CT molecular complexity index is 657. The van der Waals surface area contributed by atoms with Crippen molar-refractivity contribution in [2.24, 2.45) is 11.8 Å². The zero-order valence-corrected chi connectivity index (χ0v) is 19.0. The van der Waals surface area contributed by atoms with Crippen LogP contribution >= 0.6 is 0 Å². The van der Waals surface area contributed by atoms with Crippen molar-refractivity contribution in [3.05, 3.63) is 48.0 Å². The summed E-state index contributed by atoms with van der Waals surface area (Å²) in [5, 5.41) is 31.2. The first-order valence-corrected chi connectivity index (χ1v) is 11.8. The molecule has 0 aromatic heterocycles. The van der Waals surface area contributed by atoms with Gasteiger partial charge in [-0.1, -0.05) is 42.5 Å². The third-order valence-electron chi connectivity index (χ3n) is 6.16. The highest BCUT2D eigenvalue weighted by Gasteiger charge is 2.40. The summed E-state index contributed by atoms with van der Waals surface area (Å²) in [6, 6.07) is 10.1. The maximum Gasteiger partial charge on any atom is 0.306 e. The number of ether oxygens (including phenoxy) is 1. The molecule has 1 saturated carbocycles. The van der Waals surface area contributed by atoms with Crippen molar-refractivity contribution in [2.45, 2.75) is 96.1 Å². The van der Waals surface area contributed by atoms with E-state index in [0.717, 1.165) is 19.3 Å². The number of aliphatic hydroxyl groups is 3. The molecule has 5 atom stereocenters. The first-order valence-electron chi connectivity index (χ1n) is 11.8. The average molecular weight is 433 g/mol. The molecule has 1 aliphatic rings. The second kappa shape index (κ2) is 13.7. The van der Waals surface area contributed by atoms with Crippen LogP contribution in [0.2, 0.25) is 0 Å². The Labute approximate surface area is 187 Å². The molecule has 0 amide bonds. The molecular weight excluding hydrogens is 392 g/mol. The van der Waals surface area contributed by atoms with E-state index in [9.17, 15) is 20.1 Å². The van der Waals surface area contributed by atoms with Gasteiger partial charge in [0.15, 0.2) is 0 Å². The first kappa shape index (κ1) is 25.6. The molecule has 3 N–H and O–H groups in total. The van der Waals surface area contributed by atoms with Crippen LogP contribution in [0.5, 0.6) is 0 Å². The minimum Gasteiger partial charge on any atom is -0.463 e. The Kier molecular flexibility index (Phi) is 11.3. The lowest BCUT2D eigenvalue weighted by Gasteiger charge is -2.23. The van der Waals surface area contributed by atoms with E-state index in [1.54, 1.807) is 0 Å². The molecule has 0 unspecified atom stereocenters. The van der Waals surface area contributed by atoms with Crippen molar-refractivity contribution in [1.29, 1.82) is 0 Å². The van der Waals surface area contributed by atoms with Crippen LogP contribution in [-0.2, 0) is 16.0 Å². The summed E-state index contributed by atoms with van der Waals surface area (Å²) in [5.74, 6) is -0.144. The van der Waals surface area contributed by atoms with Gasteiger partial charge >= 0.3 is 5.97 Å². The van der Waals surface area contributed by atoms with Crippen LogP contribution in [-0.4, -0.2) is 45.7 Å². The van der Waals surface area contributed by atoms with E-state index in [1.807, 2.05) is 38.1 Å². The smallest absolute Gasteiger partial charge is 0.306 e.